The van der Waals surface area contributed by atoms with Gasteiger partial charge in [-0.3, -0.25) is 4.79 Å². The van der Waals surface area contributed by atoms with E-state index >= 15 is 0 Å². The zero-order valence-electron chi connectivity index (χ0n) is 10.4. The number of rotatable bonds is 3. The highest BCUT2D eigenvalue weighted by atomic mass is 79.9. The number of halogens is 1. The maximum Gasteiger partial charge on any atom is 0.253 e. The first-order valence-electron chi connectivity index (χ1n) is 6.09. The van der Waals surface area contributed by atoms with Crippen LogP contribution in [0.2, 0.25) is 0 Å². The van der Waals surface area contributed by atoms with Crippen LogP contribution in [0, 0.1) is 0 Å². The van der Waals surface area contributed by atoms with Crippen molar-refractivity contribution in [1.82, 2.24) is 4.90 Å². The second kappa shape index (κ2) is 5.21. The van der Waals surface area contributed by atoms with Crippen LogP contribution in [0.5, 0.6) is 0 Å². The molecule has 2 nitrogen and oxygen atoms in total. The molecule has 0 radical (unpaired) electrons. The molecule has 0 saturated carbocycles. The molecule has 0 saturated heterocycles. The summed E-state index contributed by atoms with van der Waals surface area (Å²) in [6, 6.07) is 6.14. The van der Waals surface area contributed by atoms with Crippen LogP contribution in [-0.2, 0) is 12.8 Å². The number of alkyl halides is 1. The van der Waals surface area contributed by atoms with E-state index in [0.717, 1.165) is 24.9 Å². The smallest absolute Gasteiger partial charge is 0.253 e. The number of nitrogens with zero attached hydrogens (tertiary/aromatic N) is 1. The molecule has 1 aromatic rings. The molecule has 17 heavy (non-hydrogen) atoms. The predicted molar refractivity (Wildman–Crippen MR) is 73.8 cm³/mol. The largest absolute Gasteiger partial charge is 0.341 e. The average molecular weight is 296 g/mol. The van der Waals surface area contributed by atoms with E-state index in [1.54, 1.807) is 4.90 Å². The van der Waals surface area contributed by atoms with Crippen molar-refractivity contribution in [1.29, 1.82) is 0 Å². The molecule has 1 aliphatic rings. The highest BCUT2D eigenvalue weighted by Gasteiger charge is 2.17. The monoisotopic (exact) mass is 295 g/mol. The Labute approximate surface area is 111 Å². The van der Waals surface area contributed by atoms with E-state index in [1.165, 1.54) is 17.5 Å². The molecule has 1 aromatic carbocycles. The SMILES string of the molecule is CC(Br)CN(C)C(=O)c1ccc2c(c1)CCC2. The van der Waals surface area contributed by atoms with Crippen molar-refractivity contribution in [3.05, 3.63) is 34.9 Å². The van der Waals surface area contributed by atoms with Crippen LogP contribution in [0.25, 0.3) is 0 Å². The van der Waals surface area contributed by atoms with Gasteiger partial charge in [0.15, 0.2) is 0 Å². The number of carbonyl (C=O) groups is 1. The quantitative estimate of drug-likeness (QED) is 0.785. The van der Waals surface area contributed by atoms with Crippen LogP contribution in [0.1, 0.15) is 34.8 Å². The topological polar surface area (TPSA) is 20.3 Å². The van der Waals surface area contributed by atoms with E-state index < -0.39 is 0 Å². The number of carbonyl (C=O) groups excluding carboxylic acids is 1. The Hall–Kier alpha value is -0.830. The average Bonchev–Trinajstić information content (AvgIpc) is 2.73. The fourth-order valence-electron chi connectivity index (χ4n) is 2.39. The van der Waals surface area contributed by atoms with Gasteiger partial charge in [-0.25, -0.2) is 0 Å². The van der Waals surface area contributed by atoms with E-state index in [4.69, 9.17) is 0 Å². The molecule has 2 rings (SSSR count). The summed E-state index contributed by atoms with van der Waals surface area (Å²) in [4.78, 5) is 14.3. The van der Waals surface area contributed by atoms with Gasteiger partial charge in [0.2, 0.25) is 0 Å². The number of hydrogen-bond donors (Lipinski definition) is 0. The lowest BCUT2D eigenvalue weighted by atomic mass is 10.1. The Bertz CT molecular complexity index is 428. The molecule has 1 aliphatic carbocycles. The van der Waals surface area contributed by atoms with Crippen molar-refractivity contribution in [2.24, 2.45) is 0 Å². The minimum Gasteiger partial charge on any atom is -0.341 e. The highest BCUT2D eigenvalue weighted by molar-refractivity contribution is 9.09. The molecule has 1 atom stereocenters. The third-order valence-corrected chi connectivity index (χ3v) is 3.51. The van der Waals surface area contributed by atoms with E-state index in [2.05, 4.69) is 28.1 Å². The van der Waals surface area contributed by atoms with Gasteiger partial charge >= 0.3 is 0 Å². The molecule has 0 aromatic heterocycles. The van der Waals surface area contributed by atoms with Crippen LogP contribution < -0.4 is 0 Å². The molecule has 0 heterocycles. The number of benzene rings is 1. The predicted octanol–water partition coefficient (Wildman–Crippen LogP) is 3.03. The molecule has 0 bridgehead atoms. The Morgan fingerprint density at radius 1 is 1.41 bits per heavy atom. The Morgan fingerprint density at radius 3 is 2.82 bits per heavy atom. The fourth-order valence-corrected chi connectivity index (χ4v) is 2.82. The first-order valence-corrected chi connectivity index (χ1v) is 7.01. The summed E-state index contributed by atoms with van der Waals surface area (Å²) in [7, 11) is 1.85. The summed E-state index contributed by atoms with van der Waals surface area (Å²) in [5.41, 5.74) is 3.59. The normalized spacial score (nSPS) is 15.5. The second-order valence-electron chi connectivity index (χ2n) is 4.80. The Morgan fingerprint density at radius 2 is 2.12 bits per heavy atom. The van der Waals surface area contributed by atoms with Crippen molar-refractivity contribution in [3.8, 4) is 0 Å². The zero-order chi connectivity index (χ0) is 12.4. The first kappa shape index (κ1) is 12.6. The van der Waals surface area contributed by atoms with Gasteiger partial charge in [-0.15, -0.1) is 0 Å². The third kappa shape index (κ3) is 2.89. The number of hydrogen-bond acceptors (Lipinski definition) is 1. The number of amides is 1. The van der Waals surface area contributed by atoms with Gasteiger partial charge in [0, 0.05) is 24.0 Å². The summed E-state index contributed by atoms with van der Waals surface area (Å²) in [6.07, 6.45) is 3.51. The van der Waals surface area contributed by atoms with Crippen molar-refractivity contribution in [2.75, 3.05) is 13.6 Å². The standard InChI is InChI=1S/C14H18BrNO/c1-10(15)9-16(2)14(17)13-7-6-11-4-3-5-12(11)8-13/h6-8,10H,3-5,9H2,1-2H3. The van der Waals surface area contributed by atoms with Gasteiger partial charge in [0.1, 0.15) is 0 Å². The first-order chi connectivity index (χ1) is 8.08. The molecule has 0 aliphatic heterocycles. The molecule has 3 heteroatoms. The molecule has 0 spiro atoms. The van der Waals surface area contributed by atoms with E-state index in [-0.39, 0.29) is 5.91 Å². The minimum absolute atomic E-state index is 0.117. The zero-order valence-corrected chi connectivity index (χ0v) is 12.0. The van der Waals surface area contributed by atoms with Crippen LogP contribution in [0.3, 0.4) is 0 Å². The maximum absolute atomic E-state index is 12.2. The van der Waals surface area contributed by atoms with Crippen LogP contribution in [0.15, 0.2) is 18.2 Å². The lowest BCUT2D eigenvalue weighted by Gasteiger charge is -2.19. The van der Waals surface area contributed by atoms with Crippen LogP contribution in [0.4, 0.5) is 0 Å². The van der Waals surface area contributed by atoms with Gasteiger partial charge in [-0.05, 0) is 42.5 Å². The van der Waals surface area contributed by atoms with Gasteiger partial charge in [0.25, 0.3) is 5.91 Å². The lowest BCUT2D eigenvalue weighted by Crippen LogP contribution is -2.31. The molecule has 0 fully saturated rings. The van der Waals surface area contributed by atoms with Crippen LogP contribution in [-0.4, -0.2) is 29.2 Å². The van der Waals surface area contributed by atoms with Gasteiger partial charge in [-0.1, -0.05) is 28.9 Å². The van der Waals surface area contributed by atoms with E-state index in [0.29, 0.717) is 4.83 Å². The van der Waals surface area contributed by atoms with E-state index in [1.807, 2.05) is 20.0 Å². The third-order valence-electron chi connectivity index (χ3n) is 3.22. The molecular weight excluding hydrogens is 278 g/mol. The van der Waals surface area contributed by atoms with Crippen molar-refractivity contribution < 1.29 is 4.79 Å². The number of fused-ring (bicyclic) bond motifs is 1. The Kier molecular flexibility index (Phi) is 3.87. The summed E-state index contributed by atoms with van der Waals surface area (Å²) < 4.78 is 0. The second-order valence-corrected chi connectivity index (χ2v) is 6.37. The van der Waals surface area contributed by atoms with Crippen molar-refractivity contribution in [2.45, 2.75) is 31.0 Å². The molecule has 1 amide bonds. The van der Waals surface area contributed by atoms with E-state index in [9.17, 15) is 4.79 Å². The summed E-state index contributed by atoms with van der Waals surface area (Å²) in [6.45, 7) is 2.78. The van der Waals surface area contributed by atoms with Crippen LogP contribution >= 0.6 is 15.9 Å². The number of aryl methyl sites for hydroxylation is 2. The molecule has 1 unspecified atom stereocenters. The maximum atomic E-state index is 12.2. The fraction of sp³-hybridized carbons (Fsp3) is 0.500. The summed E-state index contributed by atoms with van der Waals surface area (Å²) in [5.74, 6) is 0.117. The van der Waals surface area contributed by atoms with Gasteiger partial charge in [0.05, 0.1) is 0 Å². The van der Waals surface area contributed by atoms with Crippen molar-refractivity contribution in [3.63, 3.8) is 0 Å². The molecule has 92 valence electrons. The lowest BCUT2D eigenvalue weighted by molar-refractivity contribution is 0.0797. The Balaban J connectivity index is 2.14. The van der Waals surface area contributed by atoms with Crippen molar-refractivity contribution >= 4 is 21.8 Å². The molecular formula is C14H18BrNO. The minimum atomic E-state index is 0.117. The summed E-state index contributed by atoms with van der Waals surface area (Å²) in [5, 5.41) is 0. The molecule has 0 N–H and O–H groups in total. The van der Waals surface area contributed by atoms with Gasteiger partial charge in [-0.2, -0.15) is 0 Å². The highest BCUT2D eigenvalue weighted by Crippen LogP contribution is 2.23. The summed E-state index contributed by atoms with van der Waals surface area (Å²) >= 11 is 3.47. The van der Waals surface area contributed by atoms with Gasteiger partial charge < -0.3 is 4.90 Å².